The summed E-state index contributed by atoms with van der Waals surface area (Å²) in [5.74, 6) is 0.795. The number of anilines is 1. The van der Waals surface area contributed by atoms with Crippen molar-refractivity contribution in [2.75, 3.05) is 5.32 Å². The van der Waals surface area contributed by atoms with Crippen molar-refractivity contribution in [2.45, 2.75) is 17.0 Å². The van der Waals surface area contributed by atoms with Crippen molar-refractivity contribution in [1.29, 1.82) is 0 Å². The maximum absolute atomic E-state index is 12.6. The van der Waals surface area contributed by atoms with E-state index in [1.54, 1.807) is 31.2 Å². The fraction of sp³-hybridized carbons (Fsp3) is 0.0909. The number of aryl methyl sites for hydroxylation is 1. The third kappa shape index (κ3) is 4.63. The number of fused-ring (bicyclic) bond motifs is 2. The number of carbonyl (C=O) groups is 1. The average molecular weight is 517 g/mol. The molecule has 0 unspecified atom stereocenters. The molecule has 11 heteroatoms. The van der Waals surface area contributed by atoms with Gasteiger partial charge in [0.1, 0.15) is 5.76 Å². The summed E-state index contributed by atoms with van der Waals surface area (Å²) in [5, 5.41) is 3.60. The number of hydrogen-bond acceptors (Lipinski definition) is 7. The Hall–Kier alpha value is -2.85. The fourth-order valence-corrected chi connectivity index (χ4v) is 5.69. The Morgan fingerprint density at radius 1 is 1.15 bits per heavy atom. The molecule has 3 aromatic heterocycles. The zero-order valence-corrected chi connectivity index (χ0v) is 20.1. The van der Waals surface area contributed by atoms with Crippen molar-refractivity contribution in [2.24, 2.45) is 0 Å². The van der Waals surface area contributed by atoms with Gasteiger partial charge >= 0.3 is 0 Å². The molecule has 0 aliphatic rings. The Bertz CT molecular complexity index is 1590. The Balaban J connectivity index is 1.32. The lowest BCUT2D eigenvalue weighted by atomic mass is 10.2. The molecule has 5 rings (SSSR count). The maximum atomic E-state index is 12.6. The van der Waals surface area contributed by atoms with E-state index < -0.39 is 0 Å². The Morgan fingerprint density at radius 2 is 2.00 bits per heavy atom. The standard InChI is InChI=1S/C22H14Cl2N4O3S2/c1-11-6-19-25-14(9-20(29)28(19)31-11)10-32-22-27-17-5-3-13(8-18(17)33-22)26-21(30)15-4-2-12(23)7-16(15)24/h2-9H,10H2,1H3,(H,26,30). The van der Waals surface area contributed by atoms with Gasteiger partial charge in [0.25, 0.3) is 11.5 Å². The molecule has 0 atom stereocenters. The van der Waals surface area contributed by atoms with Crippen LogP contribution in [0.25, 0.3) is 15.9 Å². The normalized spacial score (nSPS) is 11.4. The Kier molecular flexibility index (Phi) is 5.88. The van der Waals surface area contributed by atoms with E-state index in [0.717, 1.165) is 14.6 Å². The number of benzene rings is 2. The number of thiazole rings is 1. The topological polar surface area (TPSA) is 89.5 Å². The van der Waals surface area contributed by atoms with E-state index in [2.05, 4.69) is 15.3 Å². The quantitative estimate of drug-likeness (QED) is 0.285. The molecule has 33 heavy (non-hydrogen) atoms. The highest BCUT2D eigenvalue weighted by molar-refractivity contribution is 8.00. The van der Waals surface area contributed by atoms with Gasteiger partial charge in [0, 0.05) is 28.6 Å². The summed E-state index contributed by atoms with van der Waals surface area (Å²) in [6, 6.07) is 13.4. The molecular formula is C22H14Cl2N4O3S2. The van der Waals surface area contributed by atoms with Crippen LogP contribution < -0.4 is 10.9 Å². The van der Waals surface area contributed by atoms with Crippen LogP contribution in [0.3, 0.4) is 0 Å². The highest BCUT2D eigenvalue weighted by Crippen LogP contribution is 2.33. The minimum atomic E-state index is -0.322. The van der Waals surface area contributed by atoms with Gasteiger partial charge in [-0.25, -0.2) is 9.97 Å². The van der Waals surface area contributed by atoms with Crippen molar-refractivity contribution < 1.29 is 9.32 Å². The van der Waals surface area contributed by atoms with Crippen molar-refractivity contribution in [3.05, 3.63) is 85.9 Å². The first-order valence-corrected chi connectivity index (χ1v) is 12.2. The van der Waals surface area contributed by atoms with Crippen LogP contribution in [0.5, 0.6) is 0 Å². The molecule has 1 amide bonds. The summed E-state index contributed by atoms with van der Waals surface area (Å²) >= 11 is 15.0. The number of nitrogens with one attached hydrogen (secondary N) is 1. The summed E-state index contributed by atoms with van der Waals surface area (Å²) in [4.78, 5) is 33.9. The second kappa shape index (κ2) is 8.83. The molecule has 7 nitrogen and oxygen atoms in total. The minimum Gasteiger partial charge on any atom is -0.375 e. The molecule has 3 heterocycles. The van der Waals surface area contributed by atoms with E-state index in [4.69, 9.17) is 27.7 Å². The van der Waals surface area contributed by atoms with Crippen LogP contribution in [0.1, 0.15) is 21.8 Å². The van der Waals surface area contributed by atoms with Crippen LogP contribution in [-0.2, 0) is 5.75 Å². The second-order valence-electron chi connectivity index (χ2n) is 7.11. The van der Waals surface area contributed by atoms with Gasteiger partial charge in [-0.15, -0.1) is 15.9 Å². The van der Waals surface area contributed by atoms with Gasteiger partial charge in [-0.2, -0.15) is 0 Å². The number of thioether (sulfide) groups is 1. The molecule has 0 saturated carbocycles. The molecule has 1 N–H and O–H groups in total. The third-order valence-corrected chi connectivity index (χ3v) is 7.41. The van der Waals surface area contributed by atoms with Gasteiger partial charge in [-0.05, 0) is 43.3 Å². The SMILES string of the molecule is Cc1cc2nc(CSc3nc4ccc(NC(=O)c5ccc(Cl)cc5Cl)cc4s3)cc(=O)n2o1. The molecule has 0 aliphatic heterocycles. The minimum absolute atomic E-state index is 0.255. The molecule has 0 aliphatic carbocycles. The van der Waals surface area contributed by atoms with Crippen molar-refractivity contribution in [3.63, 3.8) is 0 Å². The van der Waals surface area contributed by atoms with Crippen molar-refractivity contribution in [3.8, 4) is 0 Å². The molecule has 2 aromatic carbocycles. The van der Waals surface area contributed by atoms with Gasteiger partial charge in [-0.1, -0.05) is 35.0 Å². The highest BCUT2D eigenvalue weighted by atomic mass is 35.5. The van der Waals surface area contributed by atoms with E-state index >= 15 is 0 Å². The van der Waals surface area contributed by atoms with Crippen LogP contribution in [-0.4, -0.2) is 20.4 Å². The van der Waals surface area contributed by atoms with E-state index in [1.807, 2.05) is 12.1 Å². The molecule has 0 fully saturated rings. The largest absolute Gasteiger partial charge is 0.375 e. The second-order valence-corrected chi connectivity index (χ2v) is 10.2. The molecule has 0 spiro atoms. The summed E-state index contributed by atoms with van der Waals surface area (Å²) in [5.41, 5.74) is 2.68. The maximum Gasteiger partial charge on any atom is 0.287 e. The zero-order valence-electron chi connectivity index (χ0n) is 17.0. The molecule has 166 valence electrons. The molecule has 0 radical (unpaired) electrons. The monoisotopic (exact) mass is 516 g/mol. The third-order valence-electron chi connectivity index (χ3n) is 4.67. The van der Waals surface area contributed by atoms with E-state index in [0.29, 0.717) is 39.1 Å². The number of nitrogens with zero attached hydrogens (tertiary/aromatic N) is 3. The van der Waals surface area contributed by atoms with E-state index in [9.17, 15) is 9.59 Å². The zero-order chi connectivity index (χ0) is 23.1. The Morgan fingerprint density at radius 3 is 2.82 bits per heavy atom. The summed E-state index contributed by atoms with van der Waals surface area (Å²) < 4.78 is 8.25. The highest BCUT2D eigenvalue weighted by Gasteiger charge is 2.13. The van der Waals surface area contributed by atoms with Gasteiger partial charge in [0.05, 0.1) is 26.5 Å². The number of amides is 1. The average Bonchev–Trinajstić information content (AvgIpc) is 3.34. The lowest BCUT2D eigenvalue weighted by Crippen LogP contribution is -2.12. The summed E-state index contributed by atoms with van der Waals surface area (Å²) in [7, 11) is 0. The van der Waals surface area contributed by atoms with Gasteiger partial charge in [0.15, 0.2) is 9.99 Å². The lowest BCUT2D eigenvalue weighted by molar-refractivity contribution is 0.102. The lowest BCUT2D eigenvalue weighted by Gasteiger charge is -2.07. The van der Waals surface area contributed by atoms with Crippen LogP contribution in [0.4, 0.5) is 5.69 Å². The number of aromatic nitrogens is 3. The molecule has 5 aromatic rings. The van der Waals surface area contributed by atoms with E-state index in [1.165, 1.54) is 39.8 Å². The Labute approximate surface area is 205 Å². The summed E-state index contributed by atoms with van der Waals surface area (Å²) in [6.45, 7) is 1.77. The van der Waals surface area contributed by atoms with Crippen LogP contribution in [0.2, 0.25) is 10.0 Å². The van der Waals surface area contributed by atoms with Crippen LogP contribution in [0, 0.1) is 6.92 Å². The molecular weight excluding hydrogens is 503 g/mol. The first-order chi connectivity index (χ1) is 15.9. The smallest absolute Gasteiger partial charge is 0.287 e. The number of carbonyl (C=O) groups excluding carboxylic acids is 1. The van der Waals surface area contributed by atoms with E-state index in [-0.39, 0.29) is 16.5 Å². The van der Waals surface area contributed by atoms with Crippen molar-refractivity contribution in [1.82, 2.24) is 14.5 Å². The van der Waals surface area contributed by atoms with Gasteiger partial charge in [-0.3, -0.25) is 9.59 Å². The van der Waals surface area contributed by atoms with Crippen LogP contribution >= 0.6 is 46.3 Å². The molecule has 0 bridgehead atoms. The first-order valence-electron chi connectivity index (χ1n) is 9.65. The molecule has 0 saturated heterocycles. The van der Waals surface area contributed by atoms with Crippen LogP contribution in [0.15, 0.2) is 62.2 Å². The van der Waals surface area contributed by atoms with Gasteiger partial charge < -0.3 is 9.84 Å². The number of halogens is 2. The predicted octanol–water partition coefficient (Wildman–Crippen LogP) is 6.06. The summed E-state index contributed by atoms with van der Waals surface area (Å²) in [6.07, 6.45) is 0. The fourth-order valence-electron chi connectivity index (χ4n) is 3.20. The number of hydrogen-bond donors (Lipinski definition) is 1. The van der Waals surface area contributed by atoms with Crippen molar-refractivity contribution >= 4 is 73.8 Å². The van der Waals surface area contributed by atoms with Gasteiger partial charge in [0.2, 0.25) is 0 Å². The number of rotatable bonds is 5. The predicted molar refractivity (Wildman–Crippen MR) is 132 cm³/mol. The first kappa shape index (κ1) is 22.0.